The monoisotopic (exact) mass is 355 g/mol. The molecule has 3 aromatic rings. The summed E-state index contributed by atoms with van der Waals surface area (Å²) in [6.07, 6.45) is 0. The summed E-state index contributed by atoms with van der Waals surface area (Å²) in [4.78, 5) is 4.30. The second-order valence-corrected chi connectivity index (χ2v) is 5.79. The molecule has 0 bridgehead atoms. The van der Waals surface area contributed by atoms with Crippen LogP contribution in [-0.2, 0) is 0 Å². The predicted molar refractivity (Wildman–Crippen MR) is 83.2 cm³/mol. The minimum atomic E-state index is 0.376. The summed E-state index contributed by atoms with van der Waals surface area (Å²) in [5.41, 5.74) is 8.37. The van der Waals surface area contributed by atoms with E-state index >= 15 is 0 Å². The fourth-order valence-corrected chi connectivity index (χ4v) is 2.91. The molecular weight excluding hydrogens is 349 g/mol. The van der Waals surface area contributed by atoms with Gasteiger partial charge in [-0.25, -0.2) is 4.98 Å². The molecule has 0 aliphatic rings. The van der Waals surface area contributed by atoms with Gasteiger partial charge in [-0.2, -0.15) is 0 Å². The number of aromatic nitrogens is 2. The highest BCUT2D eigenvalue weighted by Gasteiger charge is 2.13. The van der Waals surface area contributed by atoms with E-state index in [2.05, 4.69) is 20.9 Å². The van der Waals surface area contributed by atoms with Gasteiger partial charge in [-0.15, -0.1) is 0 Å². The lowest BCUT2D eigenvalue weighted by molar-refractivity contribution is 1.11. The van der Waals surface area contributed by atoms with Crippen LogP contribution in [-0.4, -0.2) is 9.55 Å². The second-order valence-electron chi connectivity index (χ2n) is 4.03. The average molecular weight is 357 g/mol. The zero-order valence-electron chi connectivity index (χ0n) is 9.57. The number of benzene rings is 2. The highest BCUT2D eigenvalue weighted by atomic mass is 79.9. The Morgan fingerprint density at radius 2 is 1.89 bits per heavy atom. The molecule has 3 nitrogen and oxygen atoms in total. The molecule has 2 aromatic carbocycles. The van der Waals surface area contributed by atoms with Gasteiger partial charge < -0.3 is 5.73 Å². The van der Waals surface area contributed by atoms with E-state index in [1.54, 1.807) is 16.7 Å². The van der Waals surface area contributed by atoms with Crippen LogP contribution in [0.1, 0.15) is 0 Å². The molecule has 6 heteroatoms. The molecule has 96 valence electrons. The summed E-state index contributed by atoms with van der Waals surface area (Å²) in [6.45, 7) is 0. The van der Waals surface area contributed by atoms with Gasteiger partial charge in [0.1, 0.15) is 0 Å². The molecule has 0 unspecified atom stereocenters. The van der Waals surface area contributed by atoms with Gasteiger partial charge in [0, 0.05) is 9.50 Å². The van der Waals surface area contributed by atoms with E-state index in [4.69, 9.17) is 28.9 Å². The molecule has 0 saturated carbocycles. The van der Waals surface area contributed by atoms with Crippen LogP contribution in [0.3, 0.4) is 0 Å². The Morgan fingerprint density at radius 3 is 2.63 bits per heavy atom. The maximum atomic E-state index is 6.26. The fraction of sp³-hybridized carbons (Fsp3) is 0. The van der Waals surface area contributed by atoms with Crippen molar-refractivity contribution in [3.8, 4) is 5.69 Å². The van der Waals surface area contributed by atoms with E-state index < -0.39 is 0 Å². The SMILES string of the molecule is Nc1nc2cc(Cl)ccc2n1-c1ccc(Br)cc1Cl. The molecular formula is C13H8BrCl2N3. The van der Waals surface area contributed by atoms with E-state index in [-0.39, 0.29) is 0 Å². The van der Waals surface area contributed by atoms with E-state index in [0.717, 1.165) is 21.2 Å². The van der Waals surface area contributed by atoms with Crippen molar-refractivity contribution in [2.45, 2.75) is 0 Å². The largest absolute Gasteiger partial charge is 0.369 e. The van der Waals surface area contributed by atoms with Gasteiger partial charge in [-0.1, -0.05) is 39.1 Å². The number of imidazole rings is 1. The van der Waals surface area contributed by atoms with Crippen molar-refractivity contribution in [2.75, 3.05) is 5.73 Å². The van der Waals surface area contributed by atoms with E-state index in [1.165, 1.54) is 0 Å². The number of halogens is 3. The van der Waals surface area contributed by atoms with Crippen LogP contribution >= 0.6 is 39.1 Å². The van der Waals surface area contributed by atoms with Crippen LogP contribution in [0.5, 0.6) is 0 Å². The number of anilines is 1. The zero-order valence-corrected chi connectivity index (χ0v) is 12.7. The van der Waals surface area contributed by atoms with Crippen LogP contribution in [0.2, 0.25) is 10.0 Å². The number of rotatable bonds is 1. The molecule has 0 aliphatic heterocycles. The number of hydrogen-bond acceptors (Lipinski definition) is 2. The highest BCUT2D eigenvalue weighted by Crippen LogP contribution is 2.30. The van der Waals surface area contributed by atoms with Crippen LogP contribution in [0, 0.1) is 0 Å². The number of nitrogen functional groups attached to an aromatic ring is 1. The Kier molecular flexibility index (Phi) is 3.17. The number of nitrogens with two attached hydrogens (primary N) is 1. The first-order valence-electron chi connectivity index (χ1n) is 5.45. The third kappa shape index (κ3) is 2.20. The van der Waals surface area contributed by atoms with Crippen molar-refractivity contribution < 1.29 is 0 Å². The van der Waals surface area contributed by atoms with Crippen molar-refractivity contribution in [1.29, 1.82) is 0 Å². The maximum Gasteiger partial charge on any atom is 0.205 e. The Labute approximate surface area is 128 Å². The lowest BCUT2D eigenvalue weighted by atomic mass is 10.3. The van der Waals surface area contributed by atoms with Gasteiger partial charge in [0.2, 0.25) is 5.95 Å². The quantitative estimate of drug-likeness (QED) is 0.688. The summed E-state index contributed by atoms with van der Waals surface area (Å²) in [6, 6.07) is 11.1. The molecule has 0 spiro atoms. The standard InChI is InChI=1S/C13H8BrCl2N3/c14-7-1-3-11(9(16)5-7)19-12-4-2-8(15)6-10(12)18-13(19)17/h1-6H,(H2,17,18). The molecule has 19 heavy (non-hydrogen) atoms. The summed E-state index contributed by atoms with van der Waals surface area (Å²) >= 11 is 15.6. The van der Waals surface area contributed by atoms with Gasteiger partial charge in [-0.3, -0.25) is 4.57 Å². The van der Waals surface area contributed by atoms with Crippen molar-refractivity contribution in [2.24, 2.45) is 0 Å². The lowest BCUT2D eigenvalue weighted by Crippen LogP contribution is -2.01. The van der Waals surface area contributed by atoms with Crippen molar-refractivity contribution in [1.82, 2.24) is 9.55 Å². The zero-order chi connectivity index (χ0) is 13.6. The van der Waals surface area contributed by atoms with Gasteiger partial charge >= 0.3 is 0 Å². The summed E-state index contributed by atoms with van der Waals surface area (Å²) < 4.78 is 2.72. The first-order valence-corrected chi connectivity index (χ1v) is 7.00. The second kappa shape index (κ2) is 4.71. The molecule has 0 radical (unpaired) electrons. The summed E-state index contributed by atoms with van der Waals surface area (Å²) in [7, 11) is 0. The smallest absolute Gasteiger partial charge is 0.205 e. The van der Waals surface area contributed by atoms with E-state index in [9.17, 15) is 0 Å². The first-order chi connectivity index (χ1) is 9.06. The number of nitrogens with zero attached hydrogens (tertiary/aromatic N) is 2. The van der Waals surface area contributed by atoms with Crippen LogP contribution in [0.15, 0.2) is 40.9 Å². The summed E-state index contributed by atoms with van der Waals surface area (Å²) in [5, 5.41) is 1.22. The highest BCUT2D eigenvalue weighted by molar-refractivity contribution is 9.10. The van der Waals surface area contributed by atoms with E-state index in [1.807, 2.05) is 24.3 Å². The third-order valence-corrected chi connectivity index (χ3v) is 3.82. The maximum absolute atomic E-state index is 6.26. The Bertz CT molecular complexity index is 783. The number of fused-ring (bicyclic) bond motifs is 1. The molecule has 1 aromatic heterocycles. The minimum Gasteiger partial charge on any atom is -0.369 e. The first kappa shape index (κ1) is 12.8. The molecule has 2 N–H and O–H groups in total. The van der Waals surface area contributed by atoms with Gasteiger partial charge in [0.15, 0.2) is 0 Å². The lowest BCUT2D eigenvalue weighted by Gasteiger charge is -2.09. The molecule has 0 fully saturated rings. The van der Waals surface area contributed by atoms with Crippen molar-refractivity contribution in [3.63, 3.8) is 0 Å². The average Bonchev–Trinajstić information content (AvgIpc) is 2.65. The molecule has 1 heterocycles. The molecule has 0 atom stereocenters. The van der Waals surface area contributed by atoms with Crippen molar-refractivity contribution >= 4 is 56.1 Å². The minimum absolute atomic E-state index is 0.376. The Hall–Kier alpha value is -1.23. The van der Waals surface area contributed by atoms with Crippen molar-refractivity contribution in [3.05, 3.63) is 50.9 Å². The third-order valence-electron chi connectivity index (χ3n) is 2.79. The van der Waals surface area contributed by atoms with Crippen LogP contribution < -0.4 is 5.73 Å². The van der Waals surface area contributed by atoms with Crippen LogP contribution in [0.25, 0.3) is 16.7 Å². The molecule has 0 amide bonds. The van der Waals surface area contributed by atoms with Crippen LogP contribution in [0.4, 0.5) is 5.95 Å². The molecule has 0 aliphatic carbocycles. The predicted octanol–water partition coefficient (Wildman–Crippen LogP) is 4.68. The van der Waals surface area contributed by atoms with Gasteiger partial charge in [0.05, 0.1) is 21.7 Å². The number of hydrogen-bond donors (Lipinski definition) is 1. The molecule has 3 rings (SSSR count). The Balaban J connectivity index is 2.33. The van der Waals surface area contributed by atoms with E-state index in [0.29, 0.717) is 16.0 Å². The normalized spacial score (nSPS) is 11.1. The topological polar surface area (TPSA) is 43.8 Å². The summed E-state index contributed by atoms with van der Waals surface area (Å²) in [5.74, 6) is 0.376. The molecule has 0 saturated heterocycles. The van der Waals surface area contributed by atoms with Gasteiger partial charge in [-0.05, 0) is 36.4 Å². The van der Waals surface area contributed by atoms with Gasteiger partial charge in [0.25, 0.3) is 0 Å². The fourth-order valence-electron chi connectivity index (χ4n) is 1.99. The Morgan fingerprint density at radius 1 is 1.11 bits per heavy atom.